The SMILES string of the molecule is Cc1ccc(C)c(N(CCCC(=O)N[C@@H]2C[C@H]3CC[C@H]2C3)S(C)(=O)=O)c1. The maximum absolute atomic E-state index is 12.3. The summed E-state index contributed by atoms with van der Waals surface area (Å²) in [6, 6.07) is 6.14. The molecule has 0 radical (unpaired) electrons. The van der Waals surface area contributed by atoms with Crippen LogP contribution in [0.3, 0.4) is 0 Å². The highest BCUT2D eigenvalue weighted by atomic mass is 32.2. The van der Waals surface area contributed by atoms with E-state index in [4.69, 9.17) is 0 Å². The van der Waals surface area contributed by atoms with E-state index >= 15 is 0 Å². The van der Waals surface area contributed by atoms with Crippen molar-refractivity contribution in [1.29, 1.82) is 0 Å². The summed E-state index contributed by atoms with van der Waals surface area (Å²) >= 11 is 0. The number of rotatable bonds is 7. The Kier molecular flexibility index (Phi) is 5.61. The average Bonchev–Trinajstić information content (AvgIpc) is 3.16. The molecule has 2 fully saturated rings. The molecule has 1 aromatic rings. The van der Waals surface area contributed by atoms with Crippen LogP contribution in [0, 0.1) is 25.7 Å². The summed E-state index contributed by atoms with van der Waals surface area (Å²) in [6.07, 6.45) is 7.05. The summed E-state index contributed by atoms with van der Waals surface area (Å²) in [7, 11) is -3.38. The molecule has 144 valence electrons. The third-order valence-corrected chi connectivity index (χ3v) is 7.06. The normalized spacial score (nSPS) is 24.7. The van der Waals surface area contributed by atoms with Crippen molar-refractivity contribution in [3.63, 3.8) is 0 Å². The number of amides is 1. The fourth-order valence-electron chi connectivity index (χ4n) is 4.54. The number of aryl methyl sites for hydroxylation is 2. The second kappa shape index (κ2) is 7.59. The van der Waals surface area contributed by atoms with Crippen molar-refractivity contribution in [2.75, 3.05) is 17.1 Å². The number of anilines is 1. The average molecular weight is 379 g/mol. The lowest BCUT2D eigenvalue weighted by molar-refractivity contribution is -0.122. The molecule has 1 amide bonds. The molecule has 3 rings (SSSR count). The summed E-state index contributed by atoms with van der Waals surface area (Å²) < 4.78 is 26.0. The number of nitrogens with one attached hydrogen (secondary N) is 1. The second-order valence-corrected chi connectivity index (χ2v) is 9.98. The van der Waals surface area contributed by atoms with Gasteiger partial charge in [0.1, 0.15) is 0 Å². The van der Waals surface area contributed by atoms with Crippen LogP contribution >= 0.6 is 0 Å². The first kappa shape index (κ1) is 19.2. The van der Waals surface area contributed by atoms with Gasteiger partial charge < -0.3 is 5.32 Å². The number of nitrogens with zero attached hydrogens (tertiary/aromatic N) is 1. The fourth-order valence-corrected chi connectivity index (χ4v) is 5.55. The van der Waals surface area contributed by atoms with E-state index in [0.29, 0.717) is 37.0 Å². The second-order valence-electron chi connectivity index (χ2n) is 8.08. The first-order valence-corrected chi connectivity index (χ1v) is 11.4. The fraction of sp³-hybridized carbons (Fsp3) is 0.650. The van der Waals surface area contributed by atoms with Gasteiger partial charge in [0.25, 0.3) is 0 Å². The molecule has 2 saturated carbocycles. The van der Waals surface area contributed by atoms with Crippen LogP contribution in [0.1, 0.15) is 49.7 Å². The highest BCUT2D eigenvalue weighted by Crippen LogP contribution is 2.44. The van der Waals surface area contributed by atoms with Crippen LogP contribution < -0.4 is 9.62 Å². The molecule has 2 bridgehead atoms. The highest BCUT2D eigenvalue weighted by Gasteiger charge is 2.39. The third-order valence-electron chi connectivity index (χ3n) is 5.88. The third kappa shape index (κ3) is 4.40. The molecule has 2 aliphatic rings. The van der Waals surface area contributed by atoms with Crippen LogP contribution in [0.2, 0.25) is 0 Å². The number of fused-ring (bicyclic) bond motifs is 2. The lowest BCUT2D eigenvalue weighted by Gasteiger charge is -2.25. The monoisotopic (exact) mass is 378 g/mol. The molecule has 0 spiro atoms. The predicted octanol–water partition coefficient (Wildman–Crippen LogP) is 3.15. The van der Waals surface area contributed by atoms with E-state index in [9.17, 15) is 13.2 Å². The molecular weight excluding hydrogens is 348 g/mol. The topological polar surface area (TPSA) is 66.5 Å². The Bertz CT molecular complexity index is 775. The number of carbonyl (C=O) groups is 1. The van der Waals surface area contributed by atoms with Crippen molar-refractivity contribution in [2.24, 2.45) is 11.8 Å². The zero-order chi connectivity index (χ0) is 18.9. The molecule has 0 unspecified atom stereocenters. The Morgan fingerprint density at radius 1 is 1.23 bits per heavy atom. The van der Waals surface area contributed by atoms with E-state index in [0.717, 1.165) is 23.5 Å². The maximum Gasteiger partial charge on any atom is 0.232 e. The molecule has 1 aromatic carbocycles. The lowest BCUT2D eigenvalue weighted by atomic mass is 9.95. The predicted molar refractivity (Wildman–Crippen MR) is 105 cm³/mol. The summed E-state index contributed by atoms with van der Waals surface area (Å²) in [5.41, 5.74) is 2.65. The van der Waals surface area contributed by atoms with Crippen LogP contribution in [0.15, 0.2) is 18.2 Å². The van der Waals surface area contributed by atoms with Gasteiger partial charge in [-0.2, -0.15) is 0 Å². The van der Waals surface area contributed by atoms with E-state index in [1.807, 2.05) is 32.0 Å². The molecule has 6 heteroatoms. The lowest BCUT2D eigenvalue weighted by Crippen LogP contribution is -2.39. The van der Waals surface area contributed by atoms with Gasteiger partial charge in [-0.3, -0.25) is 9.10 Å². The Morgan fingerprint density at radius 2 is 2.00 bits per heavy atom. The van der Waals surface area contributed by atoms with Crippen LogP contribution in [0.25, 0.3) is 0 Å². The molecule has 1 N–H and O–H groups in total. The molecule has 26 heavy (non-hydrogen) atoms. The molecule has 2 aliphatic carbocycles. The standard InChI is InChI=1S/C20H30N2O3S/c1-14-6-7-15(2)19(11-14)22(26(3,24)25)10-4-5-20(23)21-18-13-16-8-9-17(18)12-16/h6-7,11,16-18H,4-5,8-10,12-13H2,1-3H3,(H,21,23)/t16-,17-,18+/m0/s1. The summed E-state index contributed by atoms with van der Waals surface area (Å²) in [5, 5.41) is 3.18. The van der Waals surface area contributed by atoms with E-state index in [-0.39, 0.29) is 5.91 Å². The van der Waals surface area contributed by atoms with Gasteiger partial charge >= 0.3 is 0 Å². The Morgan fingerprint density at radius 3 is 2.62 bits per heavy atom. The van der Waals surface area contributed by atoms with Crippen molar-refractivity contribution >= 4 is 21.6 Å². The zero-order valence-electron chi connectivity index (χ0n) is 16.0. The number of hydrogen-bond donors (Lipinski definition) is 1. The van der Waals surface area contributed by atoms with Gasteiger partial charge in [-0.15, -0.1) is 0 Å². The van der Waals surface area contributed by atoms with Crippen LogP contribution in [0.5, 0.6) is 0 Å². The molecule has 0 aliphatic heterocycles. The molecular formula is C20H30N2O3S. The van der Waals surface area contributed by atoms with Gasteiger partial charge in [0.15, 0.2) is 0 Å². The Labute approximate surface area is 157 Å². The number of benzene rings is 1. The zero-order valence-corrected chi connectivity index (χ0v) is 16.8. The minimum absolute atomic E-state index is 0.0527. The first-order chi connectivity index (χ1) is 12.2. The van der Waals surface area contributed by atoms with Crippen LogP contribution in [-0.4, -0.2) is 33.2 Å². The van der Waals surface area contributed by atoms with Gasteiger partial charge in [0, 0.05) is 19.0 Å². The minimum Gasteiger partial charge on any atom is -0.353 e. The van der Waals surface area contributed by atoms with Gasteiger partial charge in [-0.25, -0.2) is 8.42 Å². The number of carbonyl (C=O) groups excluding carboxylic acids is 1. The molecule has 5 nitrogen and oxygen atoms in total. The number of sulfonamides is 1. The summed E-state index contributed by atoms with van der Waals surface area (Å²) in [5.74, 6) is 1.51. The van der Waals surface area contributed by atoms with Crippen molar-refractivity contribution in [3.8, 4) is 0 Å². The van der Waals surface area contributed by atoms with Crippen molar-refractivity contribution in [1.82, 2.24) is 5.32 Å². The quantitative estimate of drug-likeness (QED) is 0.792. The Balaban J connectivity index is 1.57. The van der Waals surface area contributed by atoms with Crippen LogP contribution in [0.4, 0.5) is 5.69 Å². The molecule has 0 aromatic heterocycles. The van der Waals surface area contributed by atoms with Gasteiger partial charge in [0.2, 0.25) is 15.9 Å². The van der Waals surface area contributed by atoms with Crippen molar-refractivity contribution < 1.29 is 13.2 Å². The molecule has 0 heterocycles. The Hall–Kier alpha value is -1.56. The molecule has 0 saturated heterocycles. The minimum atomic E-state index is -3.38. The van der Waals surface area contributed by atoms with E-state index in [1.165, 1.54) is 29.8 Å². The summed E-state index contributed by atoms with van der Waals surface area (Å²) in [4.78, 5) is 12.3. The van der Waals surface area contributed by atoms with Crippen molar-refractivity contribution in [3.05, 3.63) is 29.3 Å². The maximum atomic E-state index is 12.3. The highest BCUT2D eigenvalue weighted by molar-refractivity contribution is 7.92. The van der Waals surface area contributed by atoms with E-state index in [1.54, 1.807) is 0 Å². The van der Waals surface area contributed by atoms with Gasteiger partial charge in [-0.05, 0) is 68.6 Å². The van der Waals surface area contributed by atoms with E-state index < -0.39 is 10.0 Å². The van der Waals surface area contributed by atoms with Gasteiger partial charge in [0.05, 0.1) is 11.9 Å². The van der Waals surface area contributed by atoms with Gasteiger partial charge in [-0.1, -0.05) is 18.6 Å². The smallest absolute Gasteiger partial charge is 0.232 e. The van der Waals surface area contributed by atoms with Crippen molar-refractivity contribution in [2.45, 2.75) is 58.4 Å². The molecule has 3 atom stereocenters. The number of hydrogen-bond acceptors (Lipinski definition) is 3. The van der Waals surface area contributed by atoms with Crippen LogP contribution in [-0.2, 0) is 14.8 Å². The van der Waals surface area contributed by atoms with E-state index in [2.05, 4.69) is 5.32 Å². The summed E-state index contributed by atoms with van der Waals surface area (Å²) in [6.45, 7) is 4.19. The first-order valence-electron chi connectivity index (χ1n) is 9.58. The largest absolute Gasteiger partial charge is 0.353 e.